The molecule has 0 aliphatic carbocycles. The van der Waals surface area contributed by atoms with Crippen LogP contribution in [0.3, 0.4) is 0 Å². The molecule has 0 saturated carbocycles. The fourth-order valence-corrected chi connectivity index (χ4v) is 4.87. The van der Waals surface area contributed by atoms with E-state index < -0.39 is 11.5 Å². The Balaban J connectivity index is 0.00000361. The number of carbonyl (C=O) groups excluding carboxylic acids is 1. The van der Waals surface area contributed by atoms with Crippen LogP contribution in [0, 0.1) is 5.41 Å². The van der Waals surface area contributed by atoms with Crippen LogP contribution < -0.4 is 16.8 Å². The van der Waals surface area contributed by atoms with Crippen LogP contribution in [0.25, 0.3) is 10.8 Å². The molecule has 0 aliphatic rings. The molecule has 7 N–H and O–H groups in total. The van der Waals surface area contributed by atoms with Gasteiger partial charge in [-0.3, -0.25) is 15.0 Å². The van der Waals surface area contributed by atoms with E-state index in [9.17, 15) is 14.7 Å². The molecular formula is C27H27ClN4O3S. The molecular weight excluding hydrogens is 496 g/mol. The first-order valence-corrected chi connectivity index (χ1v) is 11.9. The van der Waals surface area contributed by atoms with Crippen LogP contribution in [0.1, 0.15) is 31.2 Å². The van der Waals surface area contributed by atoms with Gasteiger partial charge in [-0.15, -0.1) is 23.7 Å². The largest absolute Gasteiger partial charge is 0.480 e. The normalized spacial score (nSPS) is 12.4. The zero-order chi connectivity index (χ0) is 25.0. The van der Waals surface area contributed by atoms with Crippen LogP contribution in [0.4, 0.5) is 0 Å². The van der Waals surface area contributed by atoms with Gasteiger partial charge in [0.25, 0.3) is 5.91 Å². The molecule has 0 aliphatic heterocycles. The summed E-state index contributed by atoms with van der Waals surface area (Å²) in [5.41, 5.74) is 12.6. The van der Waals surface area contributed by atoms with Gasteiger partial charge in [0.1, 0.15) is 11.4 Å². The summed E-state index contributed by atoms with van der Waals surface area (Å²) >= 11 is 1.37. The van der Waals surface area contributed by atoms with Crippen molar-refractivity contribution in [3.05, 3.63) is 105 Å². The van der Waals surface area contributed by atoms with Crippen LogP contribution >= 0.6 is 23.7 Å². The summed E-state index contributed by atoms with van der Waals surface area (Å²) in [6.45, 7) is 0.332. The topological polar surface area (TPSA) is 142 Å². The maximum absolute atomic E-state index is 12.9. The second-order valence-electron chi connectivity index (χ2n) is 8.52. The molecule has 1 amide bonds. The molecule has 1 aromatic heterocycles. The Bertz CT molecular complexity index is 1410. The quantitative estimate of drug-likeness (QED) is 0.166. The molecule has 186 valence electrons. The van der Waals surface area contributed by atoms with Crippen LogP contribution in [0.15, 0.2) is 78.9 Å². The highest BCUT2D eigenvalue weighted by Gasteiger charge is 2.34. The lowest BCUT2D eigenvalue weighted by molar-refractivity contribution is -0.143. The van der Waals surface area contributed by atoms with Crippen LogP contribution in [0.2, 0.25) is 0 Å². The number of amides is 1. The van der Waals surface area contributed by atoms with Crippen molar-refractivity contribution in [2.75, 3.05) is 0 Å². The van der Waals surface area contributed by atoms with Crippen LogP contribution in [-0.4, -0.2) is 28.4 Å². The van der Waals surface area contributed by atoms with Gasteiger partial charge in [0.2, 0.25) is 0 Å². The van der Waals surface area contributed by atoms with E-state index in [0.717, 1.165) is 26.8 Å². The average molecular weight is 523 g/mol. The third-order valence-corrected chi connectivity index (χ3v) is 6.97. The van der Waals surface area contributed by atoms with Crippen molar-refractivity contribution >= 4 is 52.2 Å². The van der Waals surface area contributed by atoms with Crippen molar-refractivity contribution in [2.24, 2.45) is 11.5 Å². The van der Waals surface area contributed by atoms with E-state index in [1.807, 2.05) is 60.7 Å². The highest BCUT2D eigenvalue weighted by atomic mass is 35.5. The maximum Gasteiger partial charge on any atom is 0.324 e. The number of amidine groups is 1. The molecule has 1 unspecified atom stereocenters. The van der Waals surface area contributed by atoms with Gasteiger partial charge >= 0.3 is 5.97 Å². The number of thiophene rings is 1. The Morgan fingerprint density at radius 3 is 2.33 bits per heavy atom. The van der Waals surface area contributed by atoms with E-state index in [2.05, 4.69) is 5.32 Å². The summed E-state index contributed by atoms with van der Waals surface area (Å²) in [5.74, 6) is -1.27. The first-order chi connectivity index (χ1) is 16.7. The summed E-state index contributed by atoms with van der Waals surface area (Å²) < 4.78 is 0. The Kier molecular flexibility index (Phi) is 8.47. The number of aliphatic carboxylic acids is 1. The molecule has 0 radical (unpaired) electrons. The number of fused-ring (bicyclic) bond motifs is 1. The summed E-state index contributed by atoms with van der Waals surface area (Å²) in [7, 11) is 0. The molecule has 4 aromatic rings. The summed E-state index contributed by atoms with van der Waals surface area (Å²) in [6.07, 6.45) is 0.359. The number of carboxylic acids is 1. The second kappa shape index (κ2) is 11.3. The van der Waals surface area contributed by atoms with Crippen molar-refractivity contribution in [2.45, 2.75) is 24.9 Å². The Hall–Kier alpha value is -3.72. The summed E-state index contributed by atoms with van der Waals surface area (Å²) in [5, 5.41) is 21.9. The summed E-state index contributed by atoms with van der Waals surface area (Å²) in [4.78, 5) is 26.5. The minimum absolute atomic E-state index is 0. The number of carboxylic acid groups (broad SMARTS) is 1. The number of nitrogens with two attached hydrogens (primary N) is 2. The standard InChI is InChI=1S/C27H26N4O3S.ClH/c28-24(29)23-12-10-20(35-23)16-31-25(32)22-8-4-7-19-13-18(9-11-21(19)22)15-27(30,26(33)34)14-17-5-2-1-3-6-17;/h1-13H,14-16,30H2,(H3,28,29)(H,31,32)(H,33,34);1H. The molecule has 0 bridgehead atoms. The predicted molar refractivity (Wildman–Crippen MR) is 146 cm³/mol. The molecule has 9 heteroatoms. The van der Waals surface area contributed by atoms with E-state index in [-0.39, 0.29) is 37.0 Å². The van der Waals surface area contributed by atoms with E-state index in [1.165, 1.54) is 11.3 Å². The molecule has 7 nitrogen and oxygen atoms in total. The van der Waals surface area contributed by atoms with Gasteiger partial charge in [-0.1, -0.05) is 60.7 Å². The van der Waals surface area contributed by atoms with Crippen molar-refractivity contribution in [1.29, 1.82) is 5.41 Å². The van der Waals surface area contributed by atoms with Gasteiger partial charge in [-0.05, 0) is 40.1 Å². The molecule has 0 spiro atoms. The van der Waals surface area contributed by atoms with Gasteiger partial charge in [-0.25, -0.2) is 0 Å². The van der Waals surface area contributed by atoms with Crippen molar-refractivity contribution in [3.63, 3.8) is 0 Å². The Morgan fingerprint density at radius 1 is 0.944 bits per heavy atom. The lowest BCUT2D eigenvalue weighted by Gasteiger charge is -2.25. The maximum atomic E-state index is 12.9. The van der Waals surface area contributed by atoms with E-state index in [1.54, 1.807) is 18.2 Å². The molecule has 0 fully saturated rings. The number of nitrogen functional groups attached to an aromatic ring is 1. The number of benzene rings is 3. The minimum Gasteiger partial charge on any atom is -0.480 e. The lowest BCUT2D eigenvalue weighted by Crippen LogP contribution is -2.51. The van der Waals surface area contributed by atoms with E-state index in [4.69, 9.17) is 16.9 Å². The highest BCUT2D eigenvalue weighted by molar-refractivity contribution is 7.14. The molecule has 3 aromatic carbocycles. The first kappa shape index (κ1) is 26.9. The lowest BCUT2D eigenvalue weighted by atomic mass is 9.85. The third kappa shape index (κ3) is 6.09. The number of nitrogens with one attached hydrogen (secondary N) is 2. The van der Waals surface area contributed by atoms with Crippen LogP contribution in [-0.2, 0) is 24.2 Å². The number of carbonyl (C=O) groups is 2. The number of hydrogen-bond donors (Lipinski definition) is 5. The van der Waals surface area contributed by atoms with Gasteiger partial charge in [0.15, 0.2) is 0 Å². The fourth-order valence-electron chi connectivity index (χ4n) is 4.06. The van der Waals surface area contributed by atoms with Gasteiger partial charge in [0.05, 0.1) is 11.4 Å². The van der Waals surface area contributed by atoms with Gasteiger partial charge in [0, 0.05) is 23.3 Å². The number of halogens is 1. The second-order valence-corrected chi connectivity index (χ2v) is 9.69. The SMILES string of the molecule is Cl.N=C(N)c1ccc(CNC(=O)c2cccc3cc(CC(N)(Cc4ccccc4)C(=O)O)ccc23)s1. The zero-order valence-corrected chi connectivity index (χ0v) is 21.0. The Labute approximate surface area is 219 Å². The van der Waals surface area contributed by atoms with Crippen molar-refractivity contribution < 1.29 is 14.7 Å². The molecule has 1 atom stereocenters. The zero-order valence-electron chi connectivity index (χ0n) is 19.4. The summed E-state index contributed by atoms with van der Waals surface area (Å²) in [6, 6.07) is 23.9. The fraction of sp³-hybridized carbons (Fsp3) is 0.148. The molecule has 36 heavy (non-hydrogen) atoms. The van der Waals surface area contributed by atoms with E-state index >= 15 is 0 Å². The monoisotopic (exact) mass is 522 g/mol. The van der Waals surface area contributed by atoms with Crippen molar-refractivity contribution in [1.82, 2.24) is 5.32 Å². The van der Waals surface area contributed by atoms with Crippen LogP contribution in [0.5, 0.6) is 0 Å². The first-order valence-electron chi connectivity index (χ1n) is 11.0. The average Bonchev–Trinajstić information content (AvgIpc) is 3.32. The van der Waals surface area contributed by atoms with Gasteiger partial charge < -0.3 is 21.9 Å². The highest BCUT2D eigenvalue weighted by Crippen LogP contribution is 2.24. The minimum atomic E-state index is -1.45. The number of rotatable bonds is 9. The van der Waals surface area contributed by atoms with Crippen molar-refractivity contribution in [3.8, 4) is 0 Å². The van der Waals surface area contributed by atoms with E-state index in [0.29, 0.717) is 17.0 Å². The van der Waals surface area contributed by atoms with Gasteiger partial charge in [-0.2, -0.15) is 0 Å². The smallest absolute Gasteiger partial charge is 0.324 e. The molecule has 1 heterocycles. The molecule has 4 rings (SSSR count). The Morgan fingerprint density at radius 2 is 1.67 bits per heavy atom. The molecule has 0 saturated heterocycles. The predicted octanol–water partition coefficient (Wildman–Crippen LogP) is 4.10. The number of hydrogen-bond acceptors (Lipinski definition) is 5. The third-order valence-electron chi connectivity index (χ3n) is 5.85.